The molecule has 1 heterocycles. The quantitative estimate of drug-likeness (QED) is 0.106. The van der Waals surface area contributed by atoms with E-state index >= 15 is 0 Å². The molecule has 0 aromatic heterocycles. The maximum absolute atomic E-state index is 8.60. The van der Waals surface area contributed by atoms with Gasteiger partial charge in [-0.1, -0.05) is 206 Å². The van der Waals surface area contributed by atoms with Crippen LogP contribution in [-0.4, -0.2) is 12.9 Å². The predicted molar refractivity (Wildman–Crippen MR) is 299 cm³/mol. The minimum absolute atomic E-state index is 0.485. The minimum Gasteiger partial charge on any atom is -0.355 e. The number of hydrogen-bond acceptors (Lipinski definition) is 4. The second kappa shape index (κ2) is 21.6. The summed E-state index contributed by atoms with van der Waals surface area (Å²) in [4.78, 5) is 6.18. The molecule has 70 heavy (non-hydrogen) atoms. The number of rotatable bonds is 10. The van der Waals surface area contributed by atoms with E-state index in [2.05, 4.69) is 199 Å². The summed E-state index contributed by atoms with van der Waals surface area (Å²) in [7, 11) is 0. The van der Waals surface area contributed by atoms with Crippen molar-refractivity contribution in [2.75, 3.05) is 10.2 Å². The third kappa shape index (κ3) is 9.32. The van der Waals surface area contributed by atoms with Crippen molar-refractivity contribution in [1.82, 2.24) is 0 Å². The molecule has 2 aliphatic carbocycles. The van der Waals surface area contributed by atoms with Crippen molar-refractivity contribution in [2.45, 2.75) is 38.6 Å². The van der Waals surface area contributed by atoms with E-state index < -0.39 is 5.41 Å². The number of fused-ring (bicyclic) bond motifs is 8. The molecule has 0 fully saturated rings. The summed E-state index contributed by atoms with van der Waals surface area (Å²) in [6.45, 7) is 12.6. The number of nitrogens with zero attached hydrogens (tertiary/aromatic N) is 2. The molecule has 342 valence electrons. The Labute approximate surface area is 414 Å². The van der Waals surface area contributed by atoms with Gasteiger partial charge in [0, 0.05) is 34.4 Å². The normalized spacial score (nSPS) is 13.7. The zero-order valence-electron chi connectivity index (χ0n) is 40.0. The SMILES string of the molecule is C=C(/C=C\C=C/C)c1ccccc1Nc1cccc(C2=CC3=C(CC2)C2(c4ccccc4N(c4ccccc4)c4ccccc42)c2cccc(C=N)c23)c1.C=NCc1ccccc1.Cc1ccccc1. The number of aryl methyl sites for hydroxylation is 1. The fourth-order valence-electron chi connectivity index (χ4n) is 10.2. The van der Waals surface area contributed by atoms with Crippen molar-refractivity contribution in [1.29, 1.82) is 5.41 Å². The Bertz CT molecular complexity index is 3240. The fraction of sp³-hybridized carbons (Fsp3) is 0.0909. The van der Waals surface area contributed by atoms with Crippen molar-refractivity contribution in [2.24, 2.45) is 4.99 Å². The van der Waals surface area contributed by atoms with Gasteiger partial charge >= 0.3 is 0 Å². The largest absolute Gasteiger partial charge is 0.355 e. The van der Waals surface area contributed by atoms with Crippen LogP contribution in [0.3, 0.4) is 0 Å². The molecule has 0 bridgehead atoms. The van der Waals surface area contributed by atoms with Crippen LogP contribution >= 0.6 is 0 Å². The summed E-state index contributed by atoms with van der Waals surface area (Å²) in [6, 6.07) is 72.6. The van der Waals surface area contributed by atoms with Gasteiger partial charge in [-0.05, 0) is 132 Å². The zero-order chi connectivity index (χ0) is 48.3. The number of anilines is 5. The molecule has 8 aromatic carbocycles. The van der Waals surface area contributed by atoms with Crippen molar-refractivity contribution in [3.8, 4) is 0 Å². The first kappa shape index (κ1) is 46.5. The van der Waals surface area contributed by atoms with Gasteiger partial charge in [-0.15, -0.1) is 0 Å². The molecular weight excluding hydrogens is 849 g/mol. The van der Waals surface area contributed by atoms with E-state index in [4.69, 9.17) is 5.41 Å². The Balaban J connectivity index is 0.000000322. The van der Waals surface area contributed by atoms with Crippen LogP contribution in [0, 0.1) is 12.3 Å². The second-order valence-corrected chi connectivity index (χ2v) is 17.6. The lowest BCUT2D eigenvalue weighted by Crippen LogP contribution is -2.37. The molecule has 3 aliphatic rings. The zero-order valence-corrected chi connectivity index (χ0v) is 40.0. The third-order valence-electron chi connectivity index (χ3n) is 13.2. The summed E-state index contributed by atoms with van der Waals surface area (Å²) in [5.74, 6) is 0. The predicted octanol–water partition coefficient (Wildman–Crippen LogP) is 17.2. The first-order valence-electron chi connectivity index (χ1n) is 24.0. The van der Waals surface area contributed by atoms with Crippen LogP contribution in [0.4, 0.5) is 28.4 Å². The molecule has 0 saturated heterocycles. The average molecular weight is 907 g/mol. The smallest absolute Gasteiger partial charge is 0.0717 e. The second-order valence-electron chi connectivity index (χ2n) is 17.6. The molecule has 4 nitrogen and oxygen atoms in total. The molecule has 0 radical (unpaired) electrons. The Kier molecular flexibility index (Phi) is 14.3. The molecule has 11 rings (SSSR count). The fourth-order valence-corrected chi connectivity index (χ4v) is 10.2. The van der Waals surface area contributed by atoms with E-state index in [-0.39, 0.29) is 0 Å². The van der Waals surface area contributed by atoms with E-state index in [0.717, 1.165) is 53.1 Å². The molecular formula is C66H58N4. The number of nitrogens with one attached hydrogen (secondary N) is 2. The van der Waals surface area contributed by atoms with Gasteiger partial charge in [0.15, 0.2) is 0 Å². The summed E-state index contributed by atoms with van der Waals surface area (Å²) >= 11 is 0. The molecule has 0 atom stereocenters. The van der Waals surface area contributed by atoms with Gasteiger partial charge in [0.1, 0.15) is 0 Å². The van der Waals surface area contributed by atoms with Crippen LogP contribution in [0.15, 0.2) is 254 Å². The van der Waals surface area contributed by atoms with Gasteiger partial charge < -0.3 is 15.6 Å². The van der Waals surface area contributed by atoms with E-state index in [0.29, 0.717) is 0 Å². The highest BCUT2D eigenvalue weighted by Gasteiger charge is 2.53. The van der Waals surface area contributed by atoms with Crippen LogP contribution in [0.1, 0.15) is 69.8 Å². The number of hydrogen-bond donors (Lipinski definition) is 2. The molecule has 0 amide bonds. The van der Waals surface area contributed by atoms with Gasteiger partial charge in [0.25, 0.3) is 0 Å². The molecule has 0 unspecified atom stereocenters. The third-order valence-corrected chi connectivity index (χ3v) is 13.2. The summed E-state index contributed by atoms with van der Waals surface area (Å²) in [6.07, 6.45) is 13.9. The molecule has 1 spiro atoms. The topological polar surface area (TPSA) is 51.5 Å². The van der Waals surface area contributed by atoms with Gasteiger partial charge in [-0.3, -0.25) is 4.99 Å². The molecule has 8 aromatic rings. The van der Waals surface area contributed by atoms with Crippen molar-refractivity contribution in [3.05, 3.63) is 299 Å². The highest BCUT2D eigenvalue weighted by atomic mass is 15.2. The minimum atomic E-state index is -0.485. The van der Waals surface area contributed by atoms with Crippen LogP contribution in [0.25, 0.3) is 16.7 Å². The Morgan fingerprint density at radius 2 is 1.29 bits per heavy atom. The highest BCUT2D eigenvalue weighted by Crippen LogP contribution is 2.65. The van der Waals surface area contributed by atoms with Crippen LogP contribution in [0.5, 0.6) is 0 Å². The van der Waals surface area contributed by atoms with E-state index in [1.807, 2.05) is 79.8 Å². The van der Waals surface area contributed by atoms with Gasteiger partial charge in [-0.25, -0.2) is 0 Å². The standard InChI is InChI=1S/C51H41N3.C8H9N.C7H8/c1-3-4-6-17-35(2)41-23-9-12-27-47(41)53-39-20-15-18-36(32-39)37-30-31-43-42(33-37)50-38(34-52)19-16-26-46(50)51(43)44-24-10-13-28-48(44)54(40-21-7-5-8-22-40)49-29-14-11-25-45(49)51;1-9-7-8-5-3-2-4-6-8;1-7-5-3-2-4-6-7/h3-29,32-34,52-53H,2,30-31H2,1H3;2-6H,1,7H2;2-6H,1H3/b4-3-,17-6-,52-34?;;. The number of para-hydroxylation sites is 4. The maximum Gasteiger partial charge on any atom is 0.0717 e. The summed E-state index contributed by atoms with van der Waals surface area (Å²) < 4.78 is 0. The lowest BCUT2D eigenvalue weighted by molar-refractivity contribution is 0.689. The lowest BCUT2D eigenvalue weighted by Gasteiger charge is -2.46. The van der Waals surface area contributed by atoms with Gasteiger partial charge in [-0.2, -0.15) is 0 Å². The number of aliphatic imine (C=N–C) groups is 1. The molecule has 4 heteroatoms. The maximum atomic E-state index is 8.60. The monoisotopic (exact) mass is 906 g/mol. The Hall–Kier alpha value is -8.60. The van der Waals surface area contributed by atoms with Crippen molar-refractivity contribution >= 4 is 58.1 Å². The molecule has 1 aliphatic heterocycles. The Morgan fingerprint density at radius 1 is 0.671 bits per heavy atom. The highest BCUT2D eigenvalue weighted by molar-refractivity contribution is 6.04. The first-order chi connectivity index (χ1) is 34.5. The summed E-state index contributed by atoms with van der Waals surface area (Å²) in [5.41, 5.74) is 20.8. The Morgan fingerprint density at radius 3 is 1.94 bits per heavy atom. The van der Waals surface area contributed by atoms with Crippen LogP contribution in [0.2, 0.25) is 0 Å². The molecule has 0 saturated carbocycles. The van der Waals surface area contributed by atoms with E-state index in [1.165, 1.54) is 73.3 Å². The van der Waals surface area contributed by atoms with Crippen molar-refractivity contribution < 1.29 is 0 Å². The van der Waals surface area contributed by atoms with E-state index in [9.17, 15) is 0 Å². The lowest BCUT2D eigenvalue weighted by atomic mass is 9.62. The molecule has 2 N–H and O–H groups in total. The van der Waals surface area contributed by atoms with Crippen LogP contribution < -0.4 is 10.2 Å². The summed E-state index contributed by atoms with van der Waals surface area (Å²) in [5, 5.41) is 12.3. The van der Waals surface area contributed by atoms with Crippen LogP contribution in [-0.2, 0) is 12.0 Å². The first-order valence-corrected chi connectivity index (χ1v) is 24.0. The van der Waals surface area contributed by atoms with Crippen molar-refractivity contribution in [3.63, 3.8) is 0 Å². The van der Waals surface area contributed by atoms with Gasteiger partial charge in [0.2, 0.25) is 0 Å². The average Bonchev–Trinajstić information content (AvgIpc) is 3.70. The van der Waals surface area contributed by atoms with E-state index in [1.54, 1.807) is 0 Å². The number of allylic oxidation sites excluding steroid dienone is 9. The van der Waals surface area contributed by atoms with Gasteiger partial charge in [0.05, 0.1) is 23.3 Å². The number of benzene rings is 8.